The van der Waals surface area contributed by atoms with Crippen LogP contribution in [0, 0.1) is 0 Å². The molecule has 0 amide bonds. The van der Waals surface area contributed by atoms with Gasteiger partial charge in [-0.05, 0) is 22.3 Å². The molecule has 4 nitrogen and oxygen atoms in total. The molecule has 3 rings (SSSR count). The number of hydrogen-bond donors (Lipinski definition) is 2. The average molecular weight is 346 g/mol. The van der Waals surface area contributed by atoms with Gasteiger partial charge in [-0.2, -0.15) is 0 Å². The predicted molar refractivity (Wildman–Crippen MR) is 98.3 cm³/mol. The molecule has 2 atom stereocenters. The molecule has 26 heavy (non-hydrogen) atoms. The van der Waals surface area contributed by atoms with Gasteiger partial charge in [0.05, 0.1) is 0 Å². The molecule has 0 saturated carbocycles. The second-order valence-corrected chi connectivity index (χ2v) is 5.99. The molecule has 0 heterocycles. The van der Waals surface area contributed by atoms with Gasteiger partial charge in [-0.15, -0.1) is 0 Å². The van der Waals surface area contributed by atoms with Gasteiger partial charge in [-0.1, -0.05) is 84.9 Å². The smallest absolute Gasteiger partial charge is 0.315 e. The Labute approximate surface area is 151 Å². The Balaban J connectivity index is 2.18. The van der Waals surface area contributed by atoms with Gasteiger partial charge in [0, 0.05) is 0 Å². The van der Waals surface area contributed by atoms with Crippen LogP contribution in [0.3, 0.4) is 0 Å². The highest BCUT2D eigenvalue weighted by Gasteiger charge is 2.30. The fourth-order valence-corrected chi connectivity index (χ4v) is 3.24. The Morgan fingerprint density at radius 2 is 0.846 bits per heavy atom. The molecule has 130 valence electrons. The van der Waals surface area contributed by atoms with E-state index in [9.17, 15) is 19.8 Å². The van der Waals surface area contributed by atoms with Crippen molar-refractivity contribution >= 4 is 11.9 Å². The zero-order valence-electron chi connectivity index (χ0n) is 13.9. The first-order valence-electron chi connectivity index (χ1n) is 8.24. The van der Waals surface area contributed by atoms with Gasteiger partial charge in [-0.25, -0.2) is 0 Å². The minimum atomic E-state index is -1.01. The van der Waals surface area contributed by atoms with Crippen LogP contribution < -0.4 is 0 Å². The number of benzene rings is 3. The summed E-state index contributed by atoms with van der Waals surface area (Å²) in [6.07, 6.45) is 0. The maximum Gasteiger partial charge on any atom is 0.315 e. The molecule has 0 radical (unpaired) electrons. The van der Waals surface area contributed by atoms with Crippen LogP contribution in [0.15, 0.2) is 84.9 Å². The third kappa shape index (κ3) is 3.49. The number of carbonyl (C=O) groups is 2. The summed E-state index contributed by atoms with van der Waals surface area (Å²) in [5.41, 5.74) is 2.21. The maximum atomic E-state index is 12.0. The third-order valence-electron chi connectivity index (χ3n) is 4.38. The van der Waals surface area contributed by atoms with Crippen LogP contribution in [0.5, 0.6) is 0 Å². The van der Waals surface area contributed by atoms with Crippen LogP contribution >= 0.6 is 0 Å². The van der Waals surface area contributed by atoms with Crippen molar-refractivity contribution in [2.24, 2.45) is 0 Å². The van der Waals surface area contributed by atoms with E-state index in [0.29, 0.717) is 22.3 Å². The molecule has 3 aromatic carbocycles. The van der Waals surface area contributed by atoms with E-state index in [1.54, 1.807) is 72.8 Å². The van der Waals surface area contributed by atoms with Crippen LogP contribution in [0.1, 0.15) is 34.1 Å². The van der Waals surface area contributed by atoms with Crippen molar-refractivity contribution in [3.63, 3.8) is 0 Å². The second kappa shape index (κ2) is 7.66. The minimum absolute atomic E-state index is 0.488. The number of carboxylic acid groups (broad SMARTS) is 2. The van der Waals surface area contributed by atoms with E-state index in [1.165, 1.54) is 0 Å². The highest BCUT2D eigenvalue weighted by molar-refractivity contribution is 5.85. The Bertz CT molecular complexity index is 827. The number of carboxylic acids is 2. The van der Waals surface area contributed by atoms with Crippen molar-refractivity contribution in [2.45, 2.75) is 11.8 Å². The summed E-state index contributed by atoms with van der Waals surface area (Å²) in [5.74, 6) is -3.89. The standard InChI is InChI=1S/C22H18O4/c23-21(24)19(15-9-3-1-4-10-15)17-13-7-8-14-18(17)20(22(25)26)16-11-5-2-6-12-16/h1-14,19-20H,(H,23,24)(H,25,26). The third-order valence-corrected chi connectivity index (χ3v) is 4.38. The van der Waals surface area contributed by atoms with Crippen LogP contribution in [-0.4, -0.2) is 22.2 Å². The molecule has 4 heteroatoms. The van der Waals surface area contributed by atoms with Gasteiger partial charge in [0.1, 0.15) is 11.8 Å². The topological polar surface area (TPSA) is 74.6 Å². The van der Waals surface area contributed by atoms with Crippen molar-refractivity contribution in [1.29, 1.82) is 0 Å². The lowest BCUT2D eigenvalue weighted by Gasteiger charge is -2.21. The van der Waals surface area contributed by atoms with E-state index in [1.807, 2.05) is 12.1 Å². The summed E-state index contributed by atoms with van der Waals surface area (Å²) < 4.78 is 0. The Kier molecular flexibility index (Phi) is 5.13. The normalized spacial score (nSPS) is 12.9. The lowest BCUT2D eigenvalue weighted by molar-refractivity contribution is -0.139. The molecule has 0 spiro atoms. The summed E-state index contributed by atoms with van der Waals surface area (Å²) in [5, 5.41) is 19.7. The molecule has 0 aromatic heterocycles. The molecular weight excluding hydrogens is 328 g/mol. The number of hydrogen-bond acceptors (Lipinski definition) is 2. The van der Waals surface area contributed by atoms with Gasteiger partial charge >= 0.3 is 11.9 Å². The highest BCUT2D eigenvalue weighted by atomic mass is 16.4. The van der Waals surface area contributed by atoms with Crippen LogP contribution in [0.2, 0.25) is 0 Å². The molecule has 0 aliphatic heterocycles. The lowest BCUT2D eigenvalue weighted by atomic mass is 9.81. The highest BCUT2D eigenvalue weighted by Crippen LogP contribution is 2.34. The Morgan fingerprint density at radius 1 is 0.538 bits per heavy atom. The molecular formula is C22H18O4. The van der Waals surface area contributed by atoms with E-state index in [2.05, 4.69) is 0 Å². The van der Waals surface area contributed by atoms with Crippen molar-refractivity contribution in [2.75, 3.05) is 0 Å². The van der Waals surface area contributed by atoms with Crippen LogP contribution in [0.4, 0.5) is 0 Å². The van der Waals surface area contributed by atoms with Gasteiger partial charge in [0.15, 0.2) is 0 Å². The first-order valence-corrected chi connectivity index (χ1v) is 8.24. The summed E-state index contributed by atoms with van der Waals surface area (Å²) in [4.78, 5) is 24.1. The molecule has 0 saturated heterocycles. The average Bonchev–Trinajstić information content (AvgIpc) is 2.65. The molecule has 2 unspecified atom stereocenters. The summed E-state index contributed by atoms with van der Waals surface area (Å²) in [6, 6.07) is 24.6. The SMILES string of the molecule is O=C(O)C(c1ccccc1)c1ccccc1C(C(=O)O)c1ccccc1. The first kappa shape index (κ1) is 17.4. The maximum absolute atomic E-state index is 12.0. The lowest BCUT2D eigenvalue weighted by Crippen LogP contribution is -2.20. The predicted octanol–water partition coefficient (Wildman–Crippen LogP) is 4.12. The van der Waals surface area contributed by atoms with E-state index in [-0.39, 0.29) is 0 Å². The molecule has 2 N–H and O–H groups in total. The van der Waals surface area contributed by atoms with Crippen LogP contribution in [-0.2, 0) is 9.59 Å². The molecule has 0 bridgehead atoms. The zero-order valence-corrected chi connectivity index (χ0v) is 13.9. The molecule has 0 aliphatic carbocycles. The Morgan fingerprint density at radius 3 is 1.15 bits per heavy atom. The first-order chi connectivity index (χ1) is 12.6. The number of rotatable bonds is 6. The van der Waals surface area contributed by atoms with Gasteiger partial charge in [0.25, 0.3) is 0 Å². The monoisotopic (exact) mass is 346 g/mol. The molecule has 0 fully saturated rings. The largest absolute Gasteiger partial charge is 0.481 e. The van der Waals surface area contributed by atoms with Gasteiger partial charge in [0.2, 0.25) is 0 Å². The molecule has 3 aromatic rings. The van der Waals surface area contributed by atoms with Crippen LogP contribution in [0.25, 0.3) is 0 Å². The van der Waals surface area contributed by atoms with E-state index >= 15 is 0 Å². The second-order valence-electron chi connectivity index (χ2n) is 5.99. The van der Waals surface area contributed by atoms with Gasteiger partial charge in [-0.3, -0.25) is 9.59 Å². The van der Waals surface area contributed by atoms with E-state index < -0.39 is 23.8 Å². The fourth-order valence-electron chi connectivity index (χ4n) is 3.24. The van der Waals surface area contributed by atoms with E-state index in [0.717, 1.165) is 0 Å². The van der Waals surface area contributed by atoms with Crippen molar-refractivity contribution in [3.8, 4) is 0 Å². The Hall–Kier alpha value is -3.40. The quantitative estimate of drug-likeness (QED) is 0.704. The van der Waals surface area contributed by atoms with Crippen molar-refractivity contribution in [1.82, 2.24) is 0 Å². The van der Waals surface area contributed by atoms with E-state index in [4.69, 9.17) is 0 Å². The number of aliphatic carboxylic acids is 2. The van der Waals surface area contributed by atoms with Crippen molar-refractivity contribution in [3.05, 3.63) is 107 Å². The zero-order chi connectivity index (χ0) is 18.5. The minimum Gasteiger partial charge on any atom is -0.481 e. The fraction of sp³-hybridized carbons (Fsp3) is 0.0909. The van der Waals surface area contributed by atoms with Crippen molar-refractivity contribution < 1.29 is 19.8 Å². The van der Waals surface area contributed by atoms with Gasteiger partial charge < -0.3 is 10.2 Å². The summed E-state index contributed by atoms with van der Waals surface area (Å²) in [7, 11) is 0. The molecule has 0 aliphatic rings. The summed E-state index contributed by atoms with van der Waals surface area (Å²) >= 11 is 0. The summed E-state index contributed by atoms with van der Waals surface area (Å²) in [6.45, 7) is 0.